The summed E-state index contributed by atoms with van der Waals surface area (Å²) in [5, 5.41) is 0. The first kappa shape index (κ1) is 12.1. The van der Waals surface area contributed by atoms with Gasteiger partial charge in [0.2, 0.25) is 0 Å². The van der Waals surface area contributed by atoms with E-state index in [2.05, 4.69) is 10.4 Å². The first-order chi connectivity index (χ1) is 7.28. The third-order valence-corrected chi connectivity index (χ3v) is 2.28. The summed E-state index contributed by atoms with van der Waals surface area (Å²) in [6.07, 6.45) is 3.16. The van der Waals surface area contributed by atoms with E-state index in [0.717, 1.165) is 12.4 Å². The van der Waals surface area contributed by atoms with Crippen LogP contribution in [0.5, 0.6) is 0 Å². The number of aromatic nitrogens is 2. The van der Waals surface area contributed by atoms with Gasteiger partial charge in [-0.2, -0.15) is 0 Å². The van der Waals surface area contributed by atoms with Gasteiger partial charge >= 0.3 is 0 Å². The van der Waals surface area contributed by atoms with Crippen LogP contribution < -0.4 is 11.3 Å². The van der Waals surface area contributed by atoms with Crippen LogP contribution in [0.25, 0.3) is 0 Å². The molecule has 0 aliphatic carbocycles. The molecule has 0 fully saturated rings. The molecule has 0 aliphatic rings. The standard InChI is InChI=1S/C9H18N4O2/c1-4-13-6-5-11-8(13)7(12-10)9(14-2)15-3/h5-7,9,12H,4,10H2,1-3H3. The summed E-state index contributed by atoms with van der Waals surface area (Å²) >= 11 is 0. The Labute approximate surface area is 89.3 Å². The van der Waals surface area contributed by atoms with Crippen LogP contribution in [-0.4, -0.2) is 30.1 Å². The van der Waals surface area contributed by atoms with Crippen LogP contribution in [0.3, 0.4) is 0 Å². The summed E-state index contributed by atoms with van der Waals surface area (Å²) in [5.74, 6) is 6.28. The Bertz CT molecular complexity index is 285. The van der Waals surface area contributed by atoms with Crippen molar-refractivity contribution in [2.75, 3.05) is 14.2 Å². The van der Waals surface area contributed by atoms with E-state index in [-0.39, 0.29) is 6.04 Å². The average molecular weight is 214 g/mol. The number of aryl methyl sites for hydroxylation is 1. The van der Waals surface area contributed by atoms with Crippen molar-refractivity contribution < 1.29 is 9.47 Å². The highest BCUT2D eigenvalue weighted by molar-refractivity contribution is 5.00. The minimum absolute atomic E-state index is 0.282. The van der Waals surface area contributed by atoms with E-state index in [1.807, 2.05) is 17.7 Å². The molecule has 0 saturated heterocycles. The number of hydrogen-bond donors (Lipinski definition) is 2. The van der Waals surface area contributed by atoms with Crippen LogP contribution in [0.4, 0.5) is 0 Å². The maximum atomic E-state index is 5.48. The zero-order chi connectivity index (χ0) is 11.3. The van der Waals surface area contributed by atoms with Crippen LogP contribution in [-0.2, 0) is 16.0 Å². The Morgan fingerprint density at radius 1 is 1.53 bits per heavy atom. The number of nitrogens with one attached hydrogen (secondary N) is 1. The van der Waals surface area contributed by atoms with E-state index in [0.29, 0.717) is 0 Å². The van der Waals surface area contributed by atoms with Crippen molar-refractivity contribution in [1.29, 1.82) is 0 Å². The fraction of sp³-hybridized carbons (Fsp3) is 0.667. The van der Waals surface area contributed by atoms with E-state index in [4.69, 9.17) is 15.3 Å². The van der Waals surface area contributed by atoms with E-state index in [9.17, 15) is 0 Å². The van der Waals surface area contributed by atoms with Crippen LogP contribution in [0, 0.1) is 0 Å². The zero-order valence-corrected chi connectivity index (χ0v) is 9.30. The predicted molar refractivity (Wildman–Crippen MR) is 55.8 cm³/mol. The first-order valence-electron chi connectivity index (χ1n) is 4.81. The number of nitrogens with two attached hydrogens (primary N) is 1. The molecule has 0 amide bonds. The Balaban J connectivity index is 2.90. The largest absolute Gasteiger partial charge is 0.354 e. The lowest BCUT2D eigenvalue weighted by Crippen LogP contribution is -2.40. The molecule has 86 valence electrons. The molecule has 1 heterocycles. The van der Waals surface area contributed by atoms with Crippen molar-refractivity contribution in [3.05, 3.63) is 18.2 Å². The maximum absolute atomic E-state index is 5.48. The van der Waals surface area contributed by atoms with E-state index >= 15 is 0 Å². The summed E-state index contributed by atoms with van der Waals surface area (Å²) in [6.45, 7) is 2.86. The molecule has 0 aromatic carbocycles. The summed E-state index contributed by atoms with van der Waals surface area (Å²) in [5.41, 5.74) is 2.65. The molecule has 0 saturated carbocycles. The lowest BCUT2D eigenvalue weighted by Gasteiger charge is -2.23. The fourth-order valence-electron chi connectivity index (χ4n) is 1.51. The van der Waals surface area contributed by atoms with Gasteiger partial charge in [-0.1, -0.05) is 0 Å². The SMILES string of the molecule is CCn1ccnc1C(NN)C(OC)OC. The molecule has 1 aromatic rings. The topological polar surface area (TPSA) is 74.3 Å². The van der Waals surface area contributed by atoms with Crippen molar-refractivity contribution in [2.45, 2.75) is 25.8 Å². The van der Waals surface area contributed by atoms with Gasteiger partial charge in [-0.05, 0) is 6.92 Å². The lowest BCUT2D eigenvalue weighted by molar-refractivity contribution is -0.126. The normalized spacial score (nSPS) is 13.4. The number of methoxy groups -OCH3 is 2. The molecule has 15 heavy (non-hydrogen) atoms. The van der Waals surface area contributed by atoms with Crippen molar-refractivity contribution in [3.8, 4) is 0 Å². The summed E-state index contributed by atoms with van der Waals surface area (Å²) in [7, 11) is 3.13. The molecule has 0 radical (unpaired) electrons. The van der Waals surface area contributed by atoms with E-state index < -0.39 is 6.29 Å². The second kappa shape index (κ2) is 5.82. The summed E-state index contributed by atoms with van der Waals surface area (Å²) in [6, 6.07) is -0.282. The molecule has 1 atom stereocenters. The van der Waals surface area contributed by atoms with Crippen molar-refractivity contribution in [2.24, 2.45) is 5.84 Å². The number of imidazole rings is 1. The Kier molecular flexibility index (Phi) is 4.70. The molecule has 3 N–H and O–H groups in total. The minimum Gasteiger partial charge on any atom is -0.354 e. The monoisotopic (exact) mass is 214 g/mol. The predicted octanol–water partition coefficient (Wildman–Crippen LogP) is 0.0263. The Hall–Kier alpha value is -0.950. The van der Waals surface area contributed by atoms with Gasteiger partial charge in [0, 0.05) is 33.2 Å². The molecule has 0 spiro atoms. The van der Waals surface area contributed by atoms with Crippen molar-refractivity contribution in [1.82, 2.24) is 15.0 Å². The van der Waals surface area contributed by atoms with Crippen LogP contribution in [0.15, 0.2) is 12.4 Å². The third kappa shape index (κ3) is 2.54. The number of nitrogens with zero attached hydrogens (tertiary/aromatic N) is 2. The minimum atomic E-state index is -0.456. The van der Waals surface area contributed by atoms with Crippen molar-refractivity contribution in [3.63, 3.8) is 0 Å². The van der Waals surface area contributed by atoms with Crippen molar-refractivity contribution >= 4 is 0 Å². The fourth-order valence-corrected chi connectivity index (χ4v) is 1.51. The highest BCUT2D eigenvalue weighted by atomic mass is 16.7. The number of hydrogen-bond acceptors (Lipinski definition) is 5. The first-order valence-corrected chi connectivity index (χ1v) is 4.81. The molecular weight excluding hydrogens is 196 g/mol. The Morgan fingerprint density at radius 2 is 2.20 bits per heavy atom. The van der Waals surface area contributed by atoms with Gasteiger partial charge in [-0.25, -0.2) is 10.4 Å². The second-order valence-electron chi connectivity index (χ2n) is 3.06. The van der Waals surface area contributed by atoms with E-state index in [1.165, 1.54) is 0 Å². The molecular formula is C9H18N4O2. The molecule has 1 unspecified atom stereocenters. The number of ether oxygens (including phenoxy) is 2. The smallest absolute Gasteiger partial charge is 0.180 e. The molecule has 0 aliphatic heterocycles. The number of hydrazine groups is 1. The van der Waals surface area contributed by atoms with E-state index in [1.54, 1.807) is 20.4 Å². The van der Waals surface area contributed by atoms with Crippen LogP contribution in [0.2, 0.25) is 0 Å². The Morgan fingerprint density at radius 3 is 2.67 bits per heavy atom. The van der Waals surface area contributed by atoms with Gasteiger partial charge in [0.15, 0.2) is 6.29 Å². The molecule has 6 nitrogen and oxygen atoms in total. The summed E-state index contributed by atoms with van der Waals surface area (Å²) in [4.78, 5) is 4.24. The molecule has 1 rings (SSSR count). The zero-order valence-electron chi connectivity index (χ0n) is 9.30. The summed E-state index contributed by atoms with van der Waals surface area (Å²) < 4.78 is 12.3. The lowest BCUT2D eigenvalue weighted by atomic mass is 10.2. The van der Waals surface area contributed by atoms with Crippen LogP contribution in [0.1, 0.15) is 18.8 Å². The highest BCUT2D eigenvalue weighted by Gasteiger charge is 2.25. The van der Waals surface area contributed by atoms with Gasteiger partial charge in [-0.3, -0.25) is 5.84 Å². The second-order valence-corrected chi connectivity index (χ2v) is 3.06. The van der Waals surface area contributed by atoms with Gasteiger partial charge in [-0.15, -0.1) is 0 Å². The molecule has 1 aromatic heterocycles. The quantitative estimate of drug-likeness (QED) is 0.397. The maximum Gasteiger partial charge on any atom is 0.180 e. The number of rotatable bonds is 6. The third-order valence-electron chi connectivity index (χ3n) is 2.28. The van der Waals surface area contributed by atoms with Gasteiger partial charge in [0.25, 0.3) is 0 Å². The van der Waals surface area contributed by atoms with Gasteiger partial charge in [0.05, 0.1) is 0 Å². The molecule has 0 bridgehead atoms. The van der Waals surface area contributed by atoms with Gasteiger partial charge in [0.1, 0.15) is 11.9 Å². The average Bonchev–Trinajstić information content (AvgIpc) is 2.73. The van der Waals surface area contributed by atoms with Gasteiger partial charge < -0.3 is 14.0 Å². The van der Waals surface area contributed by atoms with Crippen LogP contribution >= 0.6 is 0 Å². The molecule has 6 heteroatoms. The highest BCUT2D eigenvalue weighted by Crippen LogP contribution is 2.17.